The zero-order valence-corrected chi connectivity index (χ0v) is 8.49. The van der Waals surface area contributed by atoms with Crippen molar-refractivity contribution in [3.05, 3.63) is 23.8 Å². The van der Waals surface area contributed by atoms with Crippen LogP contribution in [0.1, 0.15) is 31.2 Å². The van der Waals surface area contributed by atoms with E-state index >= 15 is 0 Å². The van der Waals surface area contributed by atoms with Gasteiger partial charge in [0.1, 0.15) is 6.33 Å². The quantitative estimate of drug-likeness (QED) is 0.764. The van der Waals surface area contributed by atoms with Crippen LogP contribution in [0.25, 0.3) is 0 Å². The summed E-state index contributed by atoms with van der Waals surface area (Å²) in [6, 6.07) is 2.01. The number of nitrogens with zero attached hydrogens (tertiary/aromatic N) is 2. The first-order chi connectivity index (χ1) is 6.15. The summed E-state index contributed by atoms with van der Waals surface area (Å²) in [6.07, 6.45) is 1.61. The molecule has 0 unspecified atom stereocenters. The van der Waals surface area contributed by atoms with Crippen molar-refractivity contribution in [1.82, 2.24) is 9.97 Å². The molecule has 0 saturated carbocycles. The first kappa shape index (κ1) is 10.1. The van der Waals surface area contributed by atoms with Crippen LogP contribution in [-0.2, 0) is 0 Å². The van der Waals surface area contributed by atoms with Gasteiger partial charge in [-0.15, -0.1) is 0 Å². The van der Waals surface area contributed by atoms with E-state index in [9.17, 15) is 0 Å². The van der Waals surface area contributed by atoms with E-state index in [1.165, 1.54) is 0 Å². The lowest BCUT2D eigenvalue weighted by atomic mass is 9.92. The average Bonchev–Trinajstić information content (AvgIpc) is 2.04. The highest BCUT2D eigenvalue weighted by Gasteiger charge is 2.15. The highest BCUT2D eigenvalue weighted by atomic mass is 14.8. The van der Waals surface area contributed by atoms with Crippen molar-refractivity contribution in [2.24, 2.45) is 11.7 Å². The Morgan fingerprint density at radius 3 is 2.54 bits per heavy atom. The standard InChI is InChI=1S/C10H17N3/c1-7(2)9(5-11)10-4-8(3)12-6-13-10/h4,6-7,9H,5,11H2,1-3H3/t9-/m1/s1. The van der Waals surface area contributed by atoms with Gasteiger partial charge in [0.2, 0.25) is 0 Å². The van der Waals surface area contributed by atoms with Gasteiger partial charge in [0.05, 0.1) is 0 Å². The summed E-state index contributed by atoms with van der Waals surface area (Å²) >= 11 is 0. The molecule has 2 N–H and O–H groups in total. The minimum atomic E-state index is 0.349. The van der Waals surface area contributed by atoms with E-state index in [0.29, 0.717) is 18.4 Å². The Kier molecular flexibility index (Phi) is 3.37. The van der Waals surface area contributed by atoms with Crippen LogP contribution in [0.3, 0.4) is 0 Å². The third-order valence-electron chi connectivity index (χ3n) is 2.26. The smallest absolute Gasteiger partial charge is 0.115 e. The number of hydrogen-bond acceptors (Lipinski definition) is 3. The number of aromatic nitrogens is 2. The van der Waals surface area contributed by atoms with Gasteiger partial charge >= 0.3 is 0 Å². The first-order valence-corrected chi connectivity index (χ1v) is 4.63. The monoisotopic (exact) mass is 179 g/mol. The Hall–Kier alpha value is -0.960. The molecule has 0 aliphatic carbocycles. The van der Waals surface area contributed by atoms with Gasteiger partial charge in [0, 0.05) is 23.9 Å². The largest absolute Gasteiger partial charge is 0.330 e. The Morgan fingerprint density at radius 1 is 1.38 bits per heavy atom. The number of nitrogens with two attached hydrogens (primary N) is 1. The molecular formula is C10H17N3. The predicted octanol–water partition coefficient (Wildman–Crippen LogP) is 1.48. The van der Waals surface area contributed by atoms with E-state index in [0.717, 1.165) is 11.4 Å². The van der Waals surface area contributed by atoms with Gasteiger partial charge in [0.15, 0.2) is 0 Å². The fourth-order valence-electron chi connectivity index (χ4n) is 1.41. The average molecular weight is 179 g/mol. The summed E-state index contributed by atoms with van der Waals surface area (Å²) in [4.78, 5) is 8.30. The van der Waals surface area contributed by atoms with Gasteiger partial charge < -0.3 is 5.73 Å². The summed E-state index contributed by atoms with van der Waals surface area (Å²) in [5.41, 5.74) is 7.76. The zero-order valence-electron chi connectivity index (χ0n) is 8.49. The summed E-state index contributed by atoms with van der Waals surface area (Å²) < 4.78 is 0. The second-order valence-electron chi connectivity index (χ2n) is 3.67. The van der Waals surface area contributed by atoms with Gasteiger partial charge in [0.25, 0.3) is 0 Å². The minimum Gasteiger partial charge on any atom is -0.330 e. The molecule has 0 aliphatic rings. The van der Waals surface area contributed by atoms with Crippen LogP contribution in [0.4, 0.5) is 0 Å². The summed E-state index contributed by atoms with van der Waals surface area (Å²) in [5.74, 6) is 0.876. The molecule has 0 amide bonds. The van der Waals surface area contributed by atoms with E-state index in [4.69, 9.17) is 5.73 Å². The fraction of sp³-hybridized carbons (Fsp3) is 0.600. The third kappa shape index (κ3) is 2.49. The summed E-state index contributed by atoms with van der Waals surface area (Å²) in [5, 5.41) is 0. The molecule has 1 atom stereocenters. The Balaban J connectivity index is 2.91. The minimum absolute atomic E-state index is 0.349. The van der Waals surface area contributed by atoms with E-state index in [2.05, 4.69) is 23.8 Å². The Bertz CT molecular complexity index is 271. The number of hydrogen-bond donors (Lipinski definition) is 1. The van der Waals surface area contributed by atoms with Crippen LogP contribution in [0.15, 0.2) is 12.4 Å². The Morgan fingerprint density at radius 2 is 2.08 bits per heavy atom. The van der Waals surface area contributed by atoms with Crippen molar-refractivity contribution in [2.75, 3.05) is 6.54 Å². The van der Waals surface area contributed by atoms with Crippen LogP contribution in [0, 0.1) is 12.8 Å². The molecule has 0 radical (unpaired) electrons. The normalized spacial score (nSPS) is 13.3. The first-order valence-electron chi connectivity index (χ1n) is 4.63. The molecule has 1 aromatic heterocycles. The highest BCUT2D eigenvalue weighted by molar-refractivity contribution is 5.12. The second kappa shape index (κ2) is 4.33. The molecule has 0 saturated heterocycles. The predicted molar refractivity (Wildman–Crippen MR) is 53.4 cm³/mol. The molecular weight excluding hydrogens is 162 g/mol. The molecule has 0 fully saturated rings. The molecule has 0 aromatic carbocycles. The van der Waals surface area contributed by atoms with Crippen LogP contribution in [-0.4, -0.2) is 16.5 Å². The highest BCUT2D eigenvalue weighted by Crippen LogP contribution is 2.20. The molecule has 1 aromatic rings. The van der Waals surface area contributed by atoms with Crippen molar-refractivity contribution in [2.45, 2.75) is 26.7 Å². The maximum absolute atomic E-state index is 5.70. The SMILES string of the molecule is Cc1cc([C@H](CN)C(C)C)ncn1. The van der Waals surface area contributed by atoms with Gasteiger partial charge in [-0.3, -0.25) is 0 Å². The Labute approximate surface area is 79.4 Å². The molecule has 3 nitrogen and oxygen atoms in total. The number of rotatable bonds is 3. The molecule has 0 spiro atoms. The van der Waals surface area contributed by atoms with E-state index in [-0.39, 0.29) is 0 Å². The van der Waals surface area contributed by atoms with Gasteiger partial charge in [-0.1, -0.05) is 13.8 Å². The van der Waals surface area contributed by atoms with Crippen LogP contribution < -0.4 is 5.73 Å². The maximum Gasteiger partial charge on any atom is 0.115 e. The molecule has 0 bridgehead atoms. The third-order valence-corrected chi connectivity index (χ3v) is 2.26. The van der Waals surface area contributed by atoms with Crippen molar-refractivity contribution in [3.63, 3.8) is 0 Å². The van der Waals surface area contributed by atoms with Gasteiger partial charge in [-0.2, -0.15) is 0 Å². The zero-order chi connectivity index (χ0) is 9.84. The lowest BCUT2D eigenvalue weighted by molar-refractivity contribution is 0.494. The second-order valence-corrected chi connectivity index (χ2v) is 3.67. The van der Waals surface area contributed by atoms with Gasteiger partial charge in [-0.25, -0.2) is 9.97 Å². The molecule has 1 rings (SSSR count). The lowest BCUT2D eigenvalue weighted by Gasteiger charge is -2.17. The molecule has 0 aliphatic heterocycles. The van der Waals surface area contributed by atoms with E-state index in [1.54, 1.807) is 6.33 Å². The summed E-state index contributed by atoms with van der Waals surface area (Å²) in [7, 11) is 0. The van der Waals surface area contributed by atoms with Crippen LogP contribution >= 0.6 is 0 Å². The van der Waals surface area contributed by atoms with Crippen molar-refractivity contribution in [3.8, 4) is 0 Å². The van der Waals surface area contributed by atoms with Crippen LogP contribution in [0.2, 0.25) is 0 Å². The number of aryl methyl sites for hydroxylation is 1. The summed E-state index contributed by atoms with van der Waals surface area (Å²) in [6.45, 7) is 6.94. The van der Waals surface area contributed by atoms with E-state index < -0.39 is 0 Å². The lowest BCUT2D eigenvalue weighted by Crippen LogP contribution is -2.19. The molecule has 13 heavy (non-hydrogen) atoms. The van der Waals surface area contributed by atoms with Crippen molar-refractivity contribution in [1.29, 1.82) is 0 Å². The van der Waals surface area contributed by atoms with Crippen molar-refractivity contribution < 1.29 is 0 Å². The van der Waals surface area contributed by atoms with Gasteiger partial charge in [-0.05, 0) is 18.9 Å². The van der Waals surface area contributed by atoms with Crippen molar-refractivity contribution >= 4 is 0 Å². The van der Waals surface area contributed by atoms with Crippen LogP contribution in [0.5, 0.6) is 0 Å². The fourth-order valence-corrected chi connectivity index (χ4v) is 1.41. The molecule has 72 valence electrons. The maximum atomic E-state index is 5.70. The molecule has 1 heterocycles. The molecule has 3 heteroatoms. The topological polar surface area (TPSA) is 51.8 Å². The van der Waals surface area contributed by atoms with E-state index in [1.807, 2.05) is 13.0 Å².